The molecule has 0 heterocycles. The number of nitrogens with two attached hydrogens (primary N) is 1. The van der Waals surface area contributed by atoms with Crippen molar-refractivity contribution in [3.05, 3.63) is 34.9 Å². The number of nitrogens with zero attached hydrogens (tertiary/aromatic N) is 1. The highest BCUT2D eigenvalue weighted by atomic mass is 35.5. The van der Waals surface area contributed by atoms with Gasteiger partial charge in [0.1, 0.15) is 5.54 Å². The normalized spacial score (nSPS) is 14.6. The van der Waals surface area contributed by atoms with Crippen molar-refractivity contribution in [2.75, 3.05) is 0 Å². The Hall–Kier alpha value is -1.08. The van der Waals surface area contributed by atoms with Crippen LogP contribution >= 0.6 is 11.6 Å². The van der Waals surface area contributed by atoms with Crippen LogP contribution < -0.4 is 11.3 Å². The smallest absolute Gasteiger partial charge is 0.141 e. The minimum absolute atomic E-state index is 0.640. The summed E-state index contributed by atoms with van der Waals surface area (Å²) in [6.07, 6.45) is 0. The summed E-state index contributed by atoms with van der Waals surface area (Å²) in [6, 6.07) is 9.08. The predicted octanol–water partition coefficient (Wildman–Crippen LogP) is 1.54. The number of benzene rings is 1. The maximum atomic E-state index is 8.88. The number of nitriles is 1. The van der Waals surface area contributed by atoms with Crippen LogP contribution in [0.2, 0.25) is 5.02 Å². The van der Waals surface area contributed by atoms with E-state index in [0.29, 0.717) is 5.02 Å². The number of rotatable bonds is 2. The molecule has 13 heavy (non-hydrogen) atoms. The molecule has 0 aliphatic rings. The zero-order valence-electron chi connectivity index (χ0n) is 7.21. The lowest BCUT2D eigenvalue weighted by atomic mass is 9.95. The summed E-state index contributed by atoms with van der Waals surface area (Å²) in [5.74, 6) is 5.28. The van der Waals surface area contributed by atoms with Crippen LogP contribution in [0.5, 0.6) is 0 Å². The molecule has 4 heteroatoms. The third-order valence-electron chi connectivity index (χ3n) is 1.93. The Bertz CT molecular complexity index is 328. The molecule has 1 aromatic rings. The summed E-state index contributed by atoms with van der Waals surface area (Å²) in [4.78, 5) is 0. The second-order valence-electron chi connectivity index (χ2n) is 2.89. The lowest BCUT2D eigenvalue weighted by Gasteiger charge is -2.20. The lowest BCUT2D eigenvalue weighted by molar-refractivity contribution is 0.482. The van der Waals surface area contributed by atoms with Gasteiger partial charge in [-0.1, -0.05) is 23.7 Å². The minimum Gasteiger partial charge on any atom is -0.270 e. The molecular weight excluding hydrogens is 186 g/mol. The van der Waals surface area contributed by atoms with Gasteiger partial charge in [0, 0.05) is 5.02 Å². The molecule has 0 aliphatic carbocycles. The van der Waals surface area contributed by atoms with Gasteiger partial charge in [0.2, 0.25) is 0 Å². The molecule has 3 N–H and O–H groups in total. The Kier molecular flexibility index (Phi) is 2.89. The summed E-state index contributed by atoms with van der Waals surface area (Å²) in [7, 11) is 0. The first-order chi connectivity index (χ1) is 6.12. The van der Waals surface area contributed by atoms with E-state index in [-0.39, 0.29) is 0 Å². The zero-order chi connectivity index (χ0) is 9.90. The number of hydrazine groups is 1. The lowest BCUT2D eigenvalue weighted by Crippen LogP contribution is -2.42. The first-order valence-electron chi connectivity index (χ1n) is 3.77. The standard InChI is InChI=1S/C9H10ClN3/c1-9(6-11,13-12)7-2-4-8(10)5-3-7/h2-5,13H,12H2,1H3. The molecule has 1 unspecified atom stereocenters. The fourth-order valence-electron chi connectivity index (χ4n) is 0.963. The van der Waals surface area contributed by atoms with Crippen molar-refractivity contribution in [1.29, 1.82) is 5.26 Å². The van der Waals surface area contributed by atoms with Crippen LogP contribution in [0.15, 0.2) is 24.3 Å². The van der Waals surface area contributed by atoms with Crippen molar-refractivity contribution in [3.8, 4) is 6.07 Å². The van der Waals surface area contributed by atoms with Crippen LogP contribution in [0.4, 0.5) is 0 Å². The quantitative estimate of drug-likeness (QED) is 0.556. The SMILES string of the molecule is CC(C#N)(NN)c1ccc(Cl)cc1. The minimum atomic E-state index is -0.857. The average molecular weight is 196 g/mol. The molecule has 3 nitrogen and oxygen atoms in total. The van der Waals surface area contributed by atoms with Crippen molar-refractivity contribution < 1.29 is 0 Å². The highest BCUT2D eigenvalue weighted by Crippen LogP contribution is 2.20. The summed E-state index contributed by atoms with van der Waals surface area (Å²) in [5, 5.41) is 9.52. The molecule has 1 atom stereocenters. The van der Waals surface area contributed by atoms with Crippen molar-refractivity contribution >= 4 is 11.6 Å². The predicted molar refractivity (Wildman–Crippen MR) is 51.7 cm³/mol. The highest BCUT2D eigenvalue weighted by Gasteiger charge is 2.23. The Morgan fingerprint density at radius 2 is 2.00 bits per heavy atom. The zero-order valence-corrected chi connectivity index (χ0v) is 7.97. The Labute approximate surface area is 82.1 Å². The van der Waals surface area contributed by atoms with E-state index in [4.69, 9.17) is 22.7 Å². The van der Waals surface area contributed by atoms with E-state index in [2.05, 4.69) is 11.5 Å². The van der Waals surface area contributed by atoms with E-state index in [1.54, 1.807) is 31.2 Å². The van der Waals surface area contributed by atoms with Gasteiger partial charge in [-0.3, -0.25) is 5.84 Å². The van der Waals surface area contributed by atoms with Gasteiger partial charge in [-0.25, -0.2) is 5.43 Å². The van der Waals surface area contributed by atoms with Crippen LogP contribution in [0.25, 0.3) is 0 Å². The van der Waals surface area contributed by atoms with Gasteiger partial charge in [0.05, 0.1) is 6.07 Å². The van der Waals surface area contributed by atoms with Gasteiger partial charge in [0.15, 0.2) is 0 Å². The molecule has 0 radical (unpaired) electrons. The van der Waals surface area contributed by atoms with Gasteiger partial charge in [-0.05, 0) is 24.6 Å². The Balaban J connectivity index is 3.08. The van der Waals surface area contributed by atoms with Crippen LogP contribution in [0, 0.1) is 11.3 Å². The van der Waals surface area contributed by atoms with Gasteiger partial charge in [0.25, 0.3) is 0 Å². The Morgan fingerprint density at radius 3 is 2.38 bits per heavy atom. The van der Waals surface area contributed by atoms with Gasteiger partial charge in [-0.15, -0.1) is 0 Å². The van der Waals surface area contributed by atoms with Crippen molar-refractivity contribution in [2.45, 2.75) is 12.5 Å². The maximum absolute atomic E-state index is 8.88. The second kappa shape index (κ2) is 3.75. The van der Waals surface area contributed by atoms with Crippen LogP contribution in [0.1, 0.15) is 12.5 Å². The summed E-state index contributed by atoms with van der Waals surface area (Å²) < 4.78 is 0. The summed E-state index contributed by atoms with van der Waals surface area (Å²) in [6.45, 7) is 1.70. The third kappa shape index (κ3) is 1.99. The molecule has 0 amide bonds. The largest absolute Gasteiger partial charge is 0.270 e. The van der Waals surface area contributed by atoms with Gasteiger partial charge in [-0.2, -0.15) is 5.26 Å². The summed E-state index contributed by atoms with van der Waals surface area (Å²) in [5.41, 5.74) is 2.40. The molecule has 0 aromatic heterocycles. The first-order valence-corrected chi connectivity index (χ1v) is 4.15. The van der Waals surface area contributed by atoms with E-state index in [9.17, 15) is 0 Å². The topological polar surface area (TPSA) is 61.8 Å². The fourth-order valence-corrected chi connectivity index (χ4v) is 1.09. The van der Waals surface area contributed by atoms with Crippen molar-refractivity contribution in [1.82, 2.24) is 5.43 Å². The molecule has 1 rings (SSSR count). The molecule has 68 valence electrons. The van der Waals surface area contributed by atoms with Gasteiger partial charge >= 0.3 is 0 Å². The van der Waals surface area contributed by atoms with E-state index in [0.717, 1.165) is 5.56 Å². The molecule has 1 aromatic carbocycles. The molecule has 0 aliphatic heterocycles. The third-order valence-corrected chi connectivity index (χ3v) is 2.19. The maximum Gasteiger partial charge on any atom is 0.141 e. The van der Waals surface area contributed by atoms with Crippen LogP contribution in [-0.2, 0) is 5.54 Å². The second-order valence-corrected chi connectivity index (χ2v) is 3.32. The Morgan fingerprint density at radius 1 is 1.46 bits per heavy atom. The number of hydrogen-bond acceptors (Lipinski definition) is 3. The van der Waals surface area contributed by atoms with Crippen molar-refractivity contribution in [2.24, 2.45) is 5.84 Å². The monoisotopic (exact) mass is 195 g/mol. The van der Waals surface area contributed by atoms with E-state index < -0.39 is 5.54 Å². The van der Waals surface area contributed by atoms with Crippen LogP contribution in [-0.4, -0.2) is 0 Å². The molecular formula is C9H10ClN3. The number of hydrogen-bond donors (Lipinski definition) is 2. The van der Waals surface area contributed by atoms with E-state index in [1.165, 1.54) is 0 Å². The molecule has 0 spiro atoms. The van der Waals surface area contributed by atoms with E-state index in [1.807, 2.05) is 0 Å². The number of halogens is 1. The highest BCUT2D eigenvalue weighted by molar-refractivity contribution is 6.30. The van der Waals surface area contributed by atoms with Crippen LogP contribution in [0.3, 0.4) is 0 Å². The number of nitrogens with one attached hydrogen (secondary N) is 1. The van der Waals surface area contributed by atoms with Crippen molar-refractivity contribution in [3.63, 3.8) is 0 Å². The molecule has 0 saturated heterocycles. The van der Waals surface area contributed by atoms with Gasteiger partial charge < -0.3 is 0 Å². The molecule has 0 saturated carbocycles. The summed E-state index contributed by atoms with van der Waals surface area (Å²) >= 11 is 5.71. The molecule has 0 fully saturated rings. The first kappa shape index (κ1) is 10.0. The fraction of sp³-hybridized carbons (Fsp3) is 0.222. The molecule has 0 bridgehead atoms. The average Bonchev–Trinajstić information content (AvgIpc) is 2.18. The van der Waals surface area contributed by atoms with E-state index >= 15 is 0 Å².